The predicted octanol–water partition coefficient (Wildman–Crippen LogP) is 1.82. The maximum atomic E-state index is 11.3. The van der Waals surface area contributed by atoms with Crippen molar-refractivity contribution in [2.45, 2.75) is 19.3 Å². The summed E-state index contributed by atoms with van der Waals surface area (Å²) in [5.41, 5.74) is 1.10. The van der Waals surface area contributed by atoms with Gasteiger partial charge in [-0.3, -0.25) is 4.79 Å². The molecule has 1 aromatic rings. The molecule has 3 heteroatoms. The van der Waals surface area contributed by atoms with E-state index in [4.69, 9.17) is 5.26 Å². The molecule has 1 rings (SSSR count). The van der Waals surface area contributed by atoms with Gasteiger partial charge in [0.15, 0.2) is 0 Å². The standard InChI is InChI=1S/C12H11NO2/c1-9(15)11(6-7-14)12-5-3-2-4-10(12)8-13/h2-5,7,11H,6H2,1H3. The van der Waals surface area contributed by atoms with Crippen molar-refractivity contribution >= 4 is 12.1 Å². The molecule has 0 aromatic heterocycles. The molecule has 0 aliphatic heterocycles. The van der Waals surface area contributed by atoms with Crippen LogP contribution in [-0.4, -0.2) is 12.1 Å². The summed E-state index contributed by atoms with van der Waals surface area (Å²) >= 11 is 0. The fraction of sp³-hybridized carbons (Fsp3) is 0.250. The van der Waals surface area contributed by atoms with Crippen molar-refractivity contribution < 1.29 is 9.59 Å². The van der Waals surface area contributed by atoms with Crippen LogP contribution in [-0.2, 0) is 9.59 Å². The fourth-order valence-corrected chi connectivity index (χ4v) is 1.51. The summed E-state index contributed by atoms with van der Waals surface area (Å²) < 4.78 is 0. The normalized spacial score (nSPS) is 11.5. The van der Waals surface area contributed by atoms with Gasteiger partial charge in [0.25, 0.3) is 0 Å². The van der Waals surface area contributed by atoms with Crippen molar-refractivity contribution in [3.8, 4) is 6.07 Å². The number of carbonyl (C=O) groups is 2. The Morgan fingerprint density at radius 3 is 2.73 bits per heavy atom. The summed E-state index contributed by atoms with van der Waals surface area (Å²) in [6.07, 6.45) is 0.842. The minimum atomic E-state index is -0.488. The lowest BCUT2D eigenvalue weighted by molar-refractivity contribution is -0.120. The number of Topliss-reactive ketones (excluding diaryl/α,β-unsaturated/α-hetero) is 1. The van der Waals surface area contributed by atoms with Gasteiger partial charge >= 0.3 is 0 Å². The molecule has 1 unspecified atom stereocenters. The van der Waals surface area contributed by atoms with Gasteiger partial charge in [-0.15, -0.1) is 0 Å². The van der Waals surface area contributed by atoms with Gasteiger partial charge in [0.2, 0.25) is 0 Å². The summed E-state index contributed by atoms with van der Waals surface area (Å²) in [4.78, 5) is 21.8. The molecule has 0 spiro atoms. The van der Waals surface area contributed by atoms with Crippen molar-refractivity contribution in [3.05, 3.63) is 35.4 Å². The minimum absolute atomic E-state index is 0.0928. The SMILES string of the molecule is CC(=O)C(CC=O)c1ccccc1C#N. The van der Waals surface area contributed by atoms with Crippen LogP contribution in [0.1, 0.15) is 30.4 Å². The zero-order valence-electron chi connectivity index (χ0n) is 8.43. The van der Waals surface area contributed by atoms with Gasteiger partial charge in [0, 0.05) is 6.42 Å². The summed E-state index contributed by atoms with van der Waals surface area (Å²) in [6.45, 7) is 1.43. The Hall–Kier alpha value is -1.95. The molecule has 0 radical (unpaired) electrons. The Labute approximate surface area is 88.3 Å². The van der Waals surface area contributed by atoms with E-state index in [1.165, 1.54) is 6.92 Å². The fourth-order valence-electron chi connectivity index (χ4n) is 1.51. The Morgan fingerprint density at radius 1 is 1.53 bits per heavy atom. The van der Waals surface area contributed by atoms with E-state index in [0.29, 0.717) is 17.4 Å². The summed E-state index contributed by atoms with van der Waals surface area (Å²) in [5, 5.41) is 8.87. The van der Waals surface area contributed by atoms with Crippen molar-refractivity contribution in [3.63, 3.8) is 0 Å². The van der Waals surface area contributed by atoms with Crippen LogP contribution in [0, 0.1) is 11.3 Å². The van der Waals surface area contributed by atoms with Crippen LogP contribution in [0.2, 0.25) is 0 Å². The zero-order valence-corrected chi connectivity index (χ0v) is 8.43. The average Bonchev–Trinajstić information content (AvgIpc) is 2.25. The van der Waals surface area contributed by atoms with Crippen molar-refractivity contribution in [2.24, 2.45) is 0 Å². The van der Waals surface area contributed by atoms with Gasteiger partial charge in [0.1, 0.15) is 12.1 Å². The first-order valence-corrected chi connectivity index (χ1v) is 4.63. The minimum Gasteiger partial charge on any atom is -0.303 e. The van der Waals surface area contributed by atoms with E-state index >= 15 is 0 Å². The smallest absolute Gasteiger partial charge is 0.137 e. The van der Waals surface area contributed by atoms with Crippen LogP contribution in [0.25, 0.3) is 0 Å². The molecule has 0 N–H and O–H groups in total. The first kappa shape index (κ1) is 11.1. The van der Waals surface area contributed by atoms with E-state index in [0.717, 1.165) is 0 Å². The number of nitriles is 1. The Bertz CT molecular complexity index is 418. The quantitative estimate of drug-likeness (QED) is 0.698. The molecule has 0 saturated carbocycles. The summed E-state index contributed by atoms with van der Waals surface area (Å²) in [5.74, 6) is -0.580. The summed E-state index contributed by atoms with van der Waals surface area (Å²) in [7, 11) is 0. The number of aldehydes is 1. The molecule has 0 aliphatic carbocycles. The largest absolute Gasteiger partial charge is 0.303 e. The first-order chi connectivity index (χ1) is 7.20. The molecule has 0 saturated heterocycles. The highest BCUT2D eigenvalue weighted by Gasteiger charge is 2.18. The molecular formula is C12H11NO2. The number of carbonyl (C=O) groups excluding carboxylic acids is 2. The Balaban J connectivity index is 3.16. The highest BCUT2D eigenvalue weighted by molar-refractivity contribution is 5.86. The van der Waals surface area contributed by atoms with Crippen LogP contribution in [0.5, 0.6) is 0 Å². The summed E-state index contributed by atoms with van der Waals surface area (Å²) in [6, 6.07) is 8.88. The molecule has 0 aliphatic rings. The van der Waals surface area contributed by atoms with E-state index in [9.17, 15) is 9.59 Å². The number of hydrogen-bond acceptors (Lipinski definition) is 3. The number of hydrogen-bond donors (Lipinski definition) is 0. The molecular weight excluding hydrogens is 190 g/mol. The van der Waals surface area contributed by atoms with E-state index in [1.807, 2.05) is 6.07 Å². The lowest BCUT2D eigenvalue weighted by Crippen LogP contribution is -2.11. The van der Waals surface area contributed by atoms with Gasteiger partial charge in [-0.05, 0) is 18.6 Å². The molecule has 0 amide bonds. The van der Waals surface area contributed by atoms with E-state index < -0.39 is 5.92 Å². The number of rotatable bonds is 4. The lowest BCUT2D eigenvalue weighted by atomic mass is 9.89. The van der Waals surface area contributed by atoms with E-state index in [1.54, 1.807) is 24.3 Å². The van der Waals surface area contributed by atoms with Crippen LogP contribution in [0.4, 0.5) is 0 Å². The van der Waals surface area contributed by atoms with Crippen molar-refractivity contribution in [2.75, 3.05) is 0 Å². The highest BCUT2D eigenvalue weighted by Crippen LogP contribution is 2.23. The molecule has 15 heavy (non-hydrogen) atoms. The second-order valence-electron chi connectivity index (χ2n) is 3.26. The topological polar surface area (TPSA) is 57.9 Å². The third-order valence-corrected chi connectivity index (χ3v) is 2.28. The van der Waals surface area contributed by atoms with Crippen LogP contribution < -0.4 is 0 Å². The van der Waals surface area contributed by atoms with Gasteiger partial charge in [-0.1, -0.05) is 18.2 Å². The van der Waals surface area contributed by atoms with E-state index in [2.05, 4.69) is 0 Å². The van der Waals surface area contributed by atoms with Crippen LogP contribution >= 0.6 is 0 Å². The third-order valence-electron chi connectivity index (χ3n) is 2.28. The van der Waals surface area contributed by atoms with Gasteiger partial charge in [-0.2, -0.15) is 5.26 Å². The number of benzene rings is 1. The predicted molar refractivity (Wildman–Crippen MR) is 55.3 cm³/mol. The average molecular weight is 201 g/mol. The molecule has 76 valence electrons. The second-order valence-corrected chi connectivity index (χ2v) is 3.26. The maximum Gasteiger partial charge on any atom is 0.137 e. The molecule has 1 atom stereocenters. The number of nitrogens with zero attached hydrogens (tertiary/aromatic N) is 1. The van der Waals surface area contributed by atoms with E-state index in [-0.39, 0.29) is 12.2 Å². The van der Waals surface area contributed by atoms with Crippen molar-refractivity contribution in [1.29, 1.82) is 5.26 Å². The third kappa shape index (κ3) is 2.50. The highest BCUT2D eigenvalue weighted by atomic mass is 16.1. The Kier molecular flexibility index (Phi) is 3.75. The van der Waals surface area contributed by atoms with Gasteiger partial charge in [0.05, 0.1) is 17.6 Å². The maximum absolute atomic E-state index is 11.3. The van der Waals surface area contributed by atoms with Gasteiger partial charge < -0.3 is 4.79 Å². The Morgan fingerprint density at radius 2 is 2.20 bits per heavy atom. The first-order valence-electron chi connectivity index (χ1n) is 4.63. The monoisotopic (exact) mass is 201 g/mol. The van der Waals surface area contributed by atoms with Gasteiger partial charge in [-0.25, -0.2) is 0 Å². The molecule has 0 fully saturated rings. The van der Waals surface area contributed by atoms with Crippen LogP contribution in [0.15, 0.2) is 24.3 Å². The molecule has 3 nitrogen and oxygen atoms in total. The second kappa shape index (κ2) is 5.06. The lowest BCUT2D eigenvalue weighted by Gasteiger charge is -2.11. The molecule has 0 heterocycles. The number of ketones is 1. The molecule has 0 bridgehead atoms. The zero-order chi connectivity index (χ0) is 11.3. The molecule has 1 aromatic carbocycles. The van der Waals surface area contributed by atoms with Crippen molar-refractivity contribution in [1.82, 2.24) is 0 Å². The van der Waals surface area contributed by atoms with Crippen LogP contribution in [0.3, 0.4) is 0 Å².